The summed E-state index contributed by atoms with van der Waals surface area (Å²) >= 11 is 0.432. The lowest BCUT2D eigenvalue weighted by Gasteiger charge is -2.06. The summed E-state index contributed by atoms with van der Waals surface area (Å²) in [6.07, 6.45) is 1.47. The Morgan fingerprint density at radius 3 is 1.82 bits per heavy atom. The van der Waals surface area contributed by atoms with Crippen LogP contribution in [0.15, 0.2) is 28.3 Å². The summed E-state index contributed by atoms with van der Waals surface area (Å²) in [4.78, 5) is 1.66. The molecule has 17 heavy (non-hydrogen) atoms. The molecule has 0 aliphatic carbocycles. The average Bonchev–Trinajstić information content (AvgIpc) is 2.82. The van der Waals surface area contributed by atoms with Crippen LogP contribution in [0.25, 0.3) is 0 Å². The SMILES string of the molecule is Fc1c(F)c(F)c(Sc2ccc[nH]2)c(F)c1F. The third kappa shape index (κ3) is 2.02. The van der Waals surface area contributed by atoms with E-state index in [0.29, 0.717) is 11.8 Å². The molecule has 2 aromatic rings. The molecule has 1 aromatic heterocycles. The maximum absolute atomic E-state index is 13.2. The van der Waals surface area contributed by atoms with Gasteiger partial charge in [0.1, 0.15) is 0 Å². The summed E-state index contributed by atoms with van der Waals surface area (Å²) in [7, 11) is 0. The van der Waals surface area contributed by atoms with Crippen LogP contribution in [-0.2, 0) is 0 Å². The highest BCUT2D eigenvalue weighted by Crippen LogP contribution is 2.34. The van der Waals surface area contributed by atoms with Crippen LogP contribution in [0.4, 0.5) is 22.0 Å². The largest absolute Gasteiger partial charge is 0.356 e. The standard InChI is InChI=1S/C10H4F5NS/c11-5-6(12)8(14)10(9(15)7(5)13)17-4-2-1-3-16-4/h1-3,16H. The lowest BCUT2D eigenvalue weighted by atomic mass is 10.3. The summed E-state index contributed by atoms with van der Waals surface area (Å²) in [6, 6.07) is 2.98. The monoisotopic (exact) mass is 265 g/mol. The highest BCUT2D eigenvalue weighted by atomic mass is 32.2. The molecule has 0 aliphatic rings. The minimum atomic E-state index is -2.16. The van der Waals surface area contributed by atoms with Crippen molar-refractivity contribution < 1.29 is 22.0 Å². The van der Waals surface area contributed by atoms with Gasteiger partial charge in [0.2, 0.25) is 5.82 Å². The Morgan fingerprint density at radius 2 is 1.35 bits per heavy atom. The number of hydrogen-bond acceptors (Lipinski definition) is 1. The van der Waals surface area contributed by atoms with Gasteiger partial charge in [0.15, 0.2) is 23.3 Å². The summed E-state index contributed by atoms with van der Waals surface area (Å²) < 4.78 is 64.9. The van der Waals surface area contributed by atoms with E-state index < -0.39 is 34.0 Å². The minimum Gasteiger partial charge on any atom is -0.356 e. The summed E-state index contributed by atoms with van der Waals surface area (Å²) in [5.41, 5.74) is 0. The molecule has 0 amide bonds. The third-order valence-electron chi connectivity index (χ3n) is 1.95. The molecule has 0 aliphatic heterocycles. The van der Waals surface area contributed by atoms with E-state index in [1.54, 1.807) is 0 Å². The van der Waals surface area contributed by atoms with Crippen molar-refractivity contribution in [2.24, 2.45) is 0 Å². The van der Waals surface area contributed by atoms with Gasteiger partial charge in [0.05, 0.1) is 9.92 Å². The van der Waals surface area contributed by atoms with Gasteiger partial charge in [0, 0.05) is 6.20 Å². The Hall–Kier alpha value is -1.50. The maximum Gasteiger partial charge on any atom is 0.200 e. The first-order chi connectivity index (χ1) is 8.02. The lowest BCUT2D eigenvalue weighted by molar-refractivity contribution is 0.361. The van der Waals surface area contributed by atoms with E-state index >= 15 is 0 Å². The van der Waals surface area contributed by atoms with Crippen molar-refractivity contribution in [1.82, 2.24) is 4.98 Å². The molecular weight excluding hydrogens is 261 g/mol. The van der Waals surface area contributed by atoms with Crippen LogP contribution in [0.1, 0.15) is 0 Å². The van der Waals surface area contributed by atoms with Gasteiger partial charge in [-0.3, -0.25) is 0 Å². The number of aromatic nitrogens is 1. The molecule has 90 valence electrons. The van der Waals surface area contributed by atoms with Gasteiger partial charge in [-0.2, -0.15) is 0 Å². The number of aromatic amines is 1. The first-order valence-electron chi connectivity index (χ1n) is 4.35. The van der Waals surface area contributed by atoms with Crippen molar-refractivity contribution in [3.63, 3.8) is 0 Å². The van der Waals surface area contributed by atoms with E-state index in [1.165, 1.54) is 18.3 Å². The Bertz CT molecular complexity index is 523. The normalized spacial score (nSPS) is 10.9. The van der Waals surface area contributed by atoms with Crippen LogP contribution >= 0.6 is 11.8 Å². The maximum atomic E-state index is 13.2. The molecule has 0 bridgehead atoms. The minimum absolute atomic E-state index is 0.271. The lowest BCUT2D eigenvalue weighted by Crippen LogP contribution is -2.03. The summed E-state index contributed by atoms with van der Waals surface area (Å²) in [6.45, 7) is 0. The molecule has 1 heterocycles. The Morgan fingerprint density at radius 1 is 0.824 bits per heavy atom. The molecule has 1 nitrogen and oxygen atoms in total. The topological polar surface area (TPSA) is 15.8 Å². The van der Waals surface area contributed by atoms with Crippen LogP contribution in [0.3, 0.4) is 0 Å². The van der Waals surface area contributed by atoms with Crippen molar-refractivity contribution in [3.05, 3.63) is 47.4 Å². The van der Waals surface area contributed by atoms with Crippen LogP contribution in [-0.4, -0.2) is 4.98 Å². The number of H-pyrrole nitrogens is 1. The van der Waals surface area contributed by atoms with Crippen molar-refractivity contribution in [2.75, 3.05) is 0 Å². The summed E-state index contributed by atoms with van der Waals surface area (Å²) in [5, 5.41) is 0.271. The predicted octanol–water partition coefficient (Wildman–Crippen LogP) is 3.86. The first kappa shape index (κ1) is 12.0. The predicted molar refractivity (Wildman–Crippen MR) is 51.1 cm³/mol. The van der Waals surface area contributed by atoms with E-state index in [9.17, 15) is 22.0 Å². The zero-order valence-corrected chi connectivity index (χ0v) is 8.85. The number of benzene rings is 1. The second kappa shape index (κ2) is 4.40. The van der Waals surface area contributed by atoms with E-state index in [-0.39, 0.29) is 5.03 Å². The molecular formula is C10H4F5NS. The quantitative estimate of drug-likeness (QED) is 0.495. The molecule has 0 atom stereocenters. The highest BCUT2D eigenvalue weighted by molar-refractivity contribution is 7.99. The fourth-order valence-electron chi connectivity index (χ4n) is 1.16. The number of halogens is 5. The number of rotatable bonds is 2. The molecule has 2 rings (SSSR count). The van der Waals surface area contributed by atoms with Gasteiger partial charge in [-0.05, 0) is 12.1 Å². The zero-order valence-electron chi connectivity index (χ0n) is 8.03. The number of nitrogens with one attached hydrogen (secondary N) is 1. The van der Waals surface area contributed by atoms with Crippen molar-refractivity contribution in [2.45, 2.75) is 9.92 Å². The number of hydrogen-bond donors (Lipinski definition) is 1. The smallest absolute Gasteiger partial charge is 0.200 e. The highest BCUT2D eigenvalue weighted by Gasteiger charge is 2.26. The fraction of sp³-hybridized carbons (Fsp3) is 0. The Labute approximate surface area is 96.6 Å². The van der Waals surface area contributed by atoms with Crippen LogP contribution < -0.4 is 0 Å². The fourth-order valence-corrected chi connectivity index (χ4v) is 2.01. The molecule has 0 unspecified atom stereocenters. The zero-order chi connectivity index (χ0) is 12.6. The average molecular weight is 265 g/mol. The van der Waals surface area contributed by atoms with Crippen LogP contribution in [0.5, 0.6) is 0 Å². The Kier molecular flexibility index (Phi) is 3.10. The third-order valence-corrected chi connectivity index (χ3v) is 2.99. The van der Waals surface area contributed by atoms with Gasteiger partial charge in [-0.15, -0.1) is 0 Å². The van der Waals surface area contributed by atoms with Crippen molar-refractivity contribution >= 4 is 11.8 Å². The van der Waals surface area contributed by atoms with Crippen molar-refractivity contribution in [3.8, 4) is 0 Å². The molecule has 0 fully saturated rings. The van der Waals surface area contributed by atoms with Crippen LogP contribution in [0, 0.1) is 29.1 Å². The Balaban J connectivity index is 2.54. The first-order valence-corrected chi connectivity index (χ1v) is 5.16. The van der Waals surface area contributed by atoms with E-state index in [4.69, 9.17) is 0 Å². The van der Waals surface area contributed by atoms with Crippen LogP contribution in [0.2, 0.25) is 0 Å². The van der Waals surface area contributed by atoms with Gasteiger partial charge in [-0.25, -0.2) is 22.0 Å². The molecule has 0 saturated heterocycles. The van der Waals surface area contributed by atoms with Gasteiger partial charge < -0.3 is 4.98 Å². The van der Waals surface area contributed by atoms with Gasteiger partial charge >= 0.3 is 0 Å². The van der Waals surface area contributed by atoms with E-state index in [2.05, 4.69) is 4.98 Å². The summed E-state index contributed by atoms with van der Waals surface area (Å²) in [5.74, 6) is -9.71. The van der Waals surface area contributed by atoms with E-state index in [1.807, 2.05) is 0 Å². The van der Waals surface area contributed by atoms with Crippen molar-refractivity contribution in [1.29, 1.82) is 0 Å². The molecule has 0 spiro atoms. The van der Waals surface area contributed by atoms with Gasteiger partial charge in [-0.1, -0.05) is 11.8 Å². The molecule has 0 saturated carbocycles. The molecule has 0 radical (unpaired) electrons. The molecule has 7 heteroatoms. The second-order valence-corrected chi connectivity index (χ2v) is 4.09. The second-order valence-electron chi connectivity index (χ2n) is 3.04. The molecule has 1 N–H and O–H groups in total. The van der Waals surface area contributed by atoms with E-state index in [0.717, 1.165) is 0 Å². The molecule has 1 aromatic carbocycles. The van der Waals surface area contributed by atoms with Gasteiger partial charge in [0.25, 0.3) is 0 Å².